The monoisotopic (exact) mass is 445 g/mol. The fraction of sp³-hybridized carbons (Fsp3) is 0.200. The van der Waals surface area contributed by atoms with Crippen LogP contribution in [0.3, 0.4) is 0 Å². The van der Waals surface area contributed by atoms with Gasteiger partial charge in [0.1, 0.15) is 12.3 Å². The van der Waals surface area contributed by atoms with Crippen molar-refractivity contribution >= 4 is 37.1 Å². The number of ether oxygens (including phenoxy) is 1. The van der Waals surface area contributed by atoms with Gasteiger partial charge < -0.3 is 4.74 Å². The van der Waals surface area contributed by atoms with Gasteiger partial charge in [-0.3, -0.25) is 20.2 Å². The fourth-order valence-corrected chi connectivity index (χ4v) is 5.34. The predicted octanol–water partition coefficient (Wildman–Crippen LogP) is 1.81. The molecule has 2 rings (SSSR count). The molecule has 0 fully saturated rings. The minimum atomic E-state index is -4.31. The number of hydrogen-bond donors (Lipinski definition) is 0. The van der Waals surface area contributed by atoms with Crippen molar-refractivity contribution in [2.24, 2.45) is 0 Å². The average molecular weight is 445 g/mol. The first-order valence-electron chi connectivity index (χ1n) is 7.66. The molecule has 0 saturated carbocycles. The van der Waals surface area contributed by atoms with E-state index in [-0.39, 0.29) is 21.8 Å². The van der Waals surface area contributed by atoms with Crippen molar-refractivity contribution in [1.29, 1.82) is 0 Å². The number of nitro groups is 2. The smallest absolute Gasteiger partial charge is 0.273 e. The van der Waals surface area contributed by atoms with Gasteiger partial charge in [-0.05, 0) is 23.8 Å². The van der Waals surface area contributed by atoms with Crippen molar-refractivity contribution < 1.29 is 31.4 Å². The lowest BCUT2D eigenvalue weighted by Crippen LogP contribution is -2.35. The first-order chi connectivity index (χ1) is 13.3. The summed E-state index contributed by atoms with van der Waals surface area (Å²) in [6.45, 7) is -0.256. The molecule has 0 radical (unpaired) electrons. The van der Waals surface area contributed by atoms with Gasteiger partial charge in [0.15, 0.2) is 5.75 Å². The van der Waals surface area contributed by atoms with Gasteiger partial charge in [-0.25, -0.2) is 16.8 Å². The molecule has 0 heterocycles. The van der Waals surface area contributed by atoms with Crippen LogP contribution in [0, 0.1) is 20.2 Å². The standard InChI is InChI=1S/C15H15N3O9S2/c1-28(23,24)18(29(2,25)26)14-8-7-13(17(21)22)9-15(14)27-10-11-3-5-12(6-4-11)16(19)20/h3-9H,10H2,1-2H3. The summed E-state index contributed by atoms with van der Waals surface area (Å²) in [4.78, 5) is 20.4. The third-order valence-corrected chi connectivity index (χ3v) is 6.72. The number of sulfonamides is 2. The fourth-order valence-electron chi connectivity index (χ4n) is 2.36. The quantitative estimate of drug-likeness (QED) is 0.434. The maximum absolute atomic E-state index is 12.0. The van der Waals surface area contributed by atoms with E-state index in [1.807, 2.05) is 0 Å². The van der Waals surface area contributed by atoms with Crippen LogP contribution in [0.5, 0.6) is 5.75 Å². The molecule has 0 aromatic heterocycles. The summed E-state index contributed by atoms with van der Waals surface area (Å²) in [6, 6.07) is 7.96. The van der Waals surface area contributed by atoms with Gasteiger partial charge in [-0.15, -0.1) is 0 Å². The summed E-state index contributed by atoms with van der Waals surface area (Å²) in [5, 5.41) is 21.7. The molecule has 0 N–H and O–H groups in total. The van der Waals surface area contributed by atoms with E-state index >= 15 is 0 Å². The third-order valence-electron chi connectivity index (χ3n) is 3.49. The van der Waals surface area contributed by atoms with Crippen molar-refractivity contribution in [3.8, 4) is 5.75 Å². The van der Waals surface area contributed by atoms with Crippen LogP contribution in [0.4, 0.5) is 17.1 Å². The second-order valence-electron chi connectivity index (χ2n) is 5.84. The van der Waals surface area contributed by atoms with Crippen LogP contribution in [0.2, 0.25) is 0 Å². The third kappa shape index (κ3) is 5.39. The van der Waals surface area contributed by atoms with E-state index in [2.05, 4.69) is 0 Å². The molecule has 0 unspecified atom stereocenters. The lowest BCUT2D eigenvalue weighted by atomic mass is 10.2. The Bertz CT molecular complexity index is 1130. The van der Waals surface area contributed by atoms with Gasteiger partial charge in [-0.1, -0.05) is 0 Å². The number of anilines is 1. The van der Waals surface area contributed by atoms with Crippen LogP contribution in [0.1, 0.15) is 5.56 Å². The van der Waals surface area contributed by atoms with Crippen LogP contribution in [-0.4, -0.2) is 39.2 Å². The summed E-state index contributed by atoms with van der Waals surface area (Å²) in [6.07, 6.45) is 1.32. The zero-order valence-corrected chi connectivity index (χ0v) is 16.7. The second kappa shape index (κ2) is 8.00. The summed E-state index contributed by atoms with van der Waals surface area (Å²) < 4.78 is 53.6. The Labute approximate surface area is 165 Å². The van der Waals surface area contributed by atoms with Crippen molar-refractivity contribution in [2.75, 3.05) is 16.2 Å². The Morgan fingerprint density at radius 1 is 0.862 bits per heavy atom. The highest BCUT2D eigenvalue weighted by atomic mass is 32.3. The van der Waals surface area contributed by atoms with Gasteiger partial charge in [0, 0.05) is 18.2 Å². The Hall–Kier alpha value is -3.26. The minimum Gasteiger partial charge on any atom is -0.486 e. The van der Waals surface area contributed by atoms with E-state index in [9.17, 15) is 37.1 Å². The molecular formula is C15H15N3O9S2. The highest BCUT2D eigenvalue weighted by Crippen LogP contribution is 2.35. The van der Waals surface area contributed by atoms with Crippen LogP contribution in [0.25, 0.3) is 0 Å². The molecule has 0 saturated heterocycles. The Balaban J connectivity index is 2.49. The van der Waals surface area contributed by atoms with Gasteiger partial charge in [0.2, 0.25) is 20.0 Å². The number of nitrogens with zero attached hydrogens (tertiary/aromatic N) is 3. The highest BCUT2D eigenvalue weighted by molar-refractivity contribution is 8.09. The Morgan fingerprint density at radius 2 is 1.34 bits per heavy atom. The summed E-state index contributed by atoms with van der Waals surface area (Å²) >= 11 is 0. The highest BCUT2D eigenvalue weighted by Gasteiger charge is 2.31. The molecule has 2 aromatic rings. The van der Waals surface area contributed by atoms with Crippen molar-refractivity contribution in [2.45, 2.75) is 6.61 Å². The van der Waals surface area contributed by atoms with Crippen LogP contribution < -0.4 is 8.45 Å². The SMILES string of the molecule is CS(=O)(=O)N(c1ccc([N+](=O)[O-])cc1OCc1ccc([N+](=O)[O-])cc1)S(C)(=O)=O. The molecule has 29 heavy (non-hydrogen) atoms. The van der Waals surface area contributed by atoms with E-state index in [0.717, 1.165) is 18.2 Å². The minimum absolute atomic E-state index is 0.106. The molecule has 2 aromatic carbocycles. The van der Waals surface area contributed by atoms with Crippen molar-refractivity contribution in [3.05, 3.63) is 68.3 Å². The number of rotatable bonds is 8. The molecule has 0 spiro atoms. The van der Waals surface area contributed by atoms with E-state index in [0.29, 0.717) is 18.1 Å². The van der Waals surface area contributed by atoms with Crippen LogP contribution in [-0.2, 0) is 26.7 Å². The zero-order valence-electron chi connectivity index (χ0n) is 15.1. The average Bonchev–Trinajstić information content (AvgIpc) is 2.58. The maximum Gasteiger partial charge on any atom is 0.273 e. The van der Waals surface area contributed by atoms with Gasteiger partial charge >= 0.3 is 0 Å². The zero-order chi connectivity index (χ0) is 22.0. The maximum atomic E-state index is 12.0. The van der Waals surface area contributed by atoms with E-state index in [1.54, 1.807) is 0 Å². The molecule has 0 amide bonds. The van der Waals surface area contributed by atoms with Crippen molar-refractivity contribution in [3.63, 3.8) is 0 Å². The second-order valence-corrected chi connectivity index (χ2v) is 9.74. The molecule has 0 aliphatic carbocycles. The molecule has 12 nitrogen and oxygen atoms in total. The lowest BCUT2D eigenvalue weighted by molar-refractivity contribution is -0.385. The summed E-state index contributed by atoms with van der Waals surface area (Å²) in [5.41, 5.74) is -0.611. The number of benzene rings is 2. The van der Waals surface area contributed by atoms with Crippen molar-refractivity contribution in [1.82, 2.24) is 0 Å². The van der Waals surface area contributed by atoms with Gasteiger partial charge in [0.25, 0.3) is 11.4 Å². The van der Waals surface area contributed by atoms with Gasteiger partial charge in [0.05, 0.1) is 28.4 Å². The molecule has 0 atom stereocenters. The number of non-ortho nitro benzene ring substituents is 2. The predicted molar refractivity (Wildman–Crippen MR) is 103 cm³/mol. The molecular weight excluding hydrogens is 430 g/mol. The molecule has 14 heteroatoms. The number of nitro benzene ring substituents is 2. The first-order valence-corrected chi connectivity index (χ1v) is 11.4. The van der Waals surface area contributed by atoms with Crippen LogP contribution in [0.15, 0.2) is 42.5 Å². The number of hydrogen-bond acceptors (Lipinski definition) is 9. The van der Waals surface area contributed by atoms with E-state index in [4.69, 9.17) is 4.74 Å². The molecule has 0 bridgehead atoms. The normalized spacial score (nSPS) is 11.7. The van der Waals surface area contributed by atoms with E-state index in [1.165, 1.54) is 24.3 Å². The summed E-state index contributed by atoms with van der Waals surface area (Å²) in [7, 11) is -8.62. The van der Waals surface area contributed by atoms with E-state index < -0.39 is 41.3 Å². The molecule has 0 aliphatic rings. The first kappa shape index (κ1) is 22.0. The summed E-state index contributed by atoms with van der Waals surface area (Å²) in [5.74, 6) is -0.367. The largest absolute Gasteiger partial charge is 0.486 e. The van der Waals surface area contributed by atoms with Crippen LogP contribution >= 0.6 is 0 Å². The topological polar surface area (TPSA) is 167 Å². The lowest BCUT2D eigenvalue weighted by Gasteiger charge is -2.22. The molecule has 156 valence electrons. The Morgan fingerprint density at radius 3 is 1.79 bits per heavy atom. The van der Waals surface area contributed by atoms with Gasteiger partial charge in [-0.2, -0.15) is 3.71 Å². The Kier molecular flexibility index (Phi) is 6.08. The molecule has 0 aliphatic heterocycles.